The molecule has 116 valence electrons. The molecule has 1 aromatic rings. The molecule has 0 atom stereocenters. The number of carbonyl (C=O) groups excluding carboxylic acids is 1. The Bertz CT molecular complexity index is 389. The molecule has 0 aliphatic heterocycles. The molecule has 0 aliphatic rings. The van der Waals surface area contributed by atoms with Crippen LogP contribution in [0.25, 0.3) is 0 Å². The maximum atomic E-state index is 11.6. The zero-order valence-electron chi connectivity index (χ0n) is 14.5. The number of nitrogens with two attached hydrogens (primary N) is 1. The van der Waals surface area contributed by atoms with Crippen LogP contribution in [0.2, 0.25) is 0 Å². The van der Waals surface area contributed by atoms with Crippen molar-refractivity contribution in [2.45, 2.75) is 64.7 Å². The smallest absolute Gasteiger partial charge is 1.00 e. The van der Waals surface area contributed by atoms with Gasteiger partial charge in [-0.3, -0.25) is 0 Å². The number of hydrogen-bond acceptors (Lipinski definition) is 4. The molecule has 5 nitrogen and oxygen atoms in total. The van der Waals surface area contributed by atoms with Crippen molar-refractivity contribution in [3.63, 3.8) is 0 Å². The van der Waals surface area contributed by atoms with Crippen LogP contribution in [0.1, 0.15) is 65.4 Å². The summed E-state index contributed by atoms with van der Waals surface area (Å²) in [5, 5.41) is 0. The molecular weight excluding hydrogens is 277 g/mol. The summed E-state index contributed by atoms with van der Waals surface area (Å²) in [5.41, 5.74) is 6.28. The minimum absolute atomic E-state index is 0. The van der Waals surface area contributed by atoms with Gasteiger partial charge in [0.15, 0.2) is 0 Å². The third-order valence-corrected chi connectivity index (χ3v) is 3.21. The second-order valence-corrected chi connectivity index (χ2v) is 5.10. The van der Waals surface area contributed by atoms with Crippen LogP contribution < -0.4 is 40.1 Å². The van der Waals surface area contributed by atoms with Gasteiger partial charge < -0.3 is 12.0 Å². The Kier molecular flexibility index (Phi) is 13.1. The van der Waals surface area contributed by atoms with Crippen LogP contribution in [0.3, 0.4) is 0 Å². The summed E-state index contributed by atoms with van der Waals surface area (Å²) in [5.74, 6) is -0.199. The van der Waals surface area contributed by atoms with E-state index in [4.69, 9.17) is 10.6 Å². The van der Waals surface area contributed by atoms with Crippen molar-refractivity contribution in [3.05, 3.63) is 18.2 Å². The quantitative estimate of drug-likeness (QED) is 0.446. The van der Waals surface area contributed by atoms with Crippen molar-refractivity contribution in [2.75, 3.05) is 6.54 Å². The van der Waals surface area contributed by atoms with Gasteiger partial charge in [-0.2, -0.15) is 4.73 Å². The van der Waals surface area contributed by atoms with E-state index in [1.165, 1.54) is 43.2 Å². The van der Waals surface area contributed by atoms with E-state index in [1.807, 2.05) is 0 Å². The molecule has 0 unspecified atom stereocenters. The molecule has 0 bridgehead atoms. The van der Waals surface area contributed by atoms with Crippen LogP contribution in [0, 0.1) is 0 Å². The van der Waals surface area contributed by atoms with Crippen molar-refractivity contribution in [1.29, 1.82) is 0 Å². The van der Waals surface area contributed by atoms with E-state index < -0.39 is 0 Å². The molecule has 1 heterocycles. The summed E-state index contributed by atoms with van der Waals surface area (Å²) in [7, 11) is 0. The topological polar surface area (TPSA) is 70.1 Å². The van der Waals surface area contributed by atoms with Gasteiger partial charge in [0.25, 0.3) is 0 Å². The standard InChI is InChI=1S/C15H27N3O2.Na.H/c1-2-3-4-5-6-7-8-9-15(19)20-18-12-14(10-11-16)17-13-18;;/h12-13H,2-11,16H2,1H3;;/q;+1;-1. The van der Waals surface area contributed by atoms with Crippen LogP contribution in [-0.2, 0) is 11.2 Å². The molecule has 0 aromatic carbocycles. The van der Waals surface area contributed by atoms with Crippen LogP contribution in [0.5, 0.6) is 0 Å². The van der Waals surface area contributed by atoms with Gasteiger partial charge in [-0.15, -0.1) is 0 Å². The molecule has 21 heavy (non-hydrogen) atoms. The van der Waals surface area contributed by atoms with Crippen LogP contribution in [0.15, 0.2) is 12.5 Å². The summed E-state index contributed by atoms with van der Waals surface area (Å²) < 4.78 is 1.37. The van der Waals surface area contributed by atoms with Gasteiger partial charge in [0.2, 0.25) is 0 Å². The van der Waals surface area contributed by atoms with Crippen molar-refractivity contribution in [3.8, 4) is 0 Å². The summed E-state index contributed by atoms with van der Waals surface area (Å²) in [6.07, 6.45) is 12.7. The van der Waals surface area contributed by atoms with Gasteiger partial charge in [0, 0.05) is 12.8 Å². The van der Waals surface area contributed by atoms with Crippen molar-refractivity contribution in [2.24, 2.45) is 5.73 Å². The fourth-order valence-corrected chi connectivity index (χ4v) is 2.06. The van der Waals surface area contributed by atoms with Crippen LogP contribution in [-0.4, -0.2) is 22.2 Å². The normalized spacial score (nSPS) is 10.2. The van der Waals surface area contributed by atoms with Gasteiger partial charge in [-0.25, -0.2) is 9.78 Å². The van der Waals surface area contributed by atoms with E-state index in [1.54, 1.807) is 6.20 Å². The zero-order valence-corrected chi connectivity index (χ0v) is 15.5. The van der Waals surface area contributed by atoms with Gasteiger partial charge in [0.05, 0.1) is 11.9 Å². The molecule has 6 heteroatoms. The van der Waals surface area contributed by atoms with E-state index in [2.05, 4.69) is 11.9 Å². The van der Waals surface area contributed by atoms with E-state index >= 15 is 0 Å². The Labute approximate surface area is 151 Å². The number of hydrogen-bond donors (Lipinski definition) is 1. The molecular formula is C15H28N3NaO2. The second-order valence-electron chi connectivity index (χ2n) is 5.10. The third kappa shape index (κ3) is 10.1. The van der Waals surface area contributed by atoms with Gasteiger partial charge in [-0.1, -0.05) is 45.4 Å². The third-order valence-electron chi connectivity index (χ3n) is 3.21. The Hall–Kier alpha value is -0.360. The fraction of sp³-hybridized carbons (Fsp3) is 0.733. The maximum absolute atomic E-state index is 11.6. The van der Waals surface area contributed by atoms with E-state index in [0.717, 1.165) is 18.5 Å². The molecule has 0 amide bonds. The molecule has 1 rings (SSSR count). The molecule has 0 spiro atoms. The Morgan fingerprint density at radius 1 is 1.29 bits per heavy atom. The monoisotopic (exact) mass is 305 g/mol. The molecule has 0 fully saturated rings. The predicted octanol–water partition coefficient (Wildman–Crippen LogP) is -0.403. The minimum atomic E-state index is -0.199. The molecule has 0 saturated heterocycles. The van der Waals surface area contributed by atoms with Crippen molar-refractivity contribution >= 4 is 5.97 Å². The van der Waals surface area contributed by atoms with Gasteiger partial charge >= 0.3 is 35.5 Å². The average molecular weight is 305 g/mol. The first-order chi connectivity index (χ1) is 9.76. The largest absolute Gasteiger partial charge is 1.00 e. The number of carbonyl (C=O) groups is 1. The first-order valence-electron chi connectivity index (χ1n) is 7.70. The Morgan fingerprint density at radius 3 is 2.62 bits per heavy atom. The number of unbranched alkanes of at least 4 members (excludes halogenated alkanes) is 6. The minimum Gasteiger partial charge on any atom is -1.00 e. The zero-order chi connectivity index (χ0) is 14.6. The number of rotatable bonds is 11. The Balaban J connectivity index is 0. The van der Waals surface area contributed by atoms with Gasteiger partial charge in [-0.05, 0) is 13.0 Å². The summed E-state index contributed by atoms with van der Waals surface area (Å²) in [4.78, 5) is 20.9. The number of aromatic nitrogens is 2. The van der Waals surface area contributed by atoms with Gasteiger partial charge in [0.1, 0.15) is 6.33 Å². The first kappa shape index (κ1) is 20.6. The molecule has 0 saturated carbocycles. The van der Waals surface area contributed by atoms with E-state index in [9.17, 15) is 4.79 Å². The molecule has 0 aliphatic carbocycles. The second kappa shape index (κ2) is 13.3. The summed E-state index contributed by atoms with van der Waals surface area (Å²) in [6, 6.07) is 0. The number of nitrogens with zero attached hydrogens (tertiary/aromatic N) is 2. The summed E-state index contributed by atoms with van der Waals surface area (Å²) in [6.45, 7) is 2.76. The first-order valence-corrected chi connectivity index (χ1v) is 7.70. The molecule has 1 aromatic heterocycles. The van der Waals surface area contributed by atoms with Crippen molar-refractivity contribution < 1.29 is 40.6 Å². The van der Waals surface area contributed by atoms with Crippen LogP contribution in [0.4, 0.5) is 0 Å². The van der Waals surface area contributed by atoms with E-state index in [-0.39, 0.29) is 37.0 Å². The fourth-order valence-electron chi connectivity index (χ4n) is 2.06. The molecule has 0 radical (unpaired) electrons. The van der Waals surface area contributed by atoms with Crippen LogP contribution >= 0.6 is 0 Å². The number of imidazole rings is 1. The Morgan fingerprint density at radius 2 is 1.95 bits per heavy atom. The molecule has 2 N–H and O–H groups in total. The van der Waals surface area contributed by atoms with E-state index in [0.29, 0.717) is 19.4 Å². The SMILES string of the molecule is CCCCCCCCCC(=O)On1cnc(CCN)c1.[H-].[Na+]. The van der Waals surface area contributed by atoms with Crippen molar-refractivity contribution in [1.82, 2.24) is 9.71 Å². The maximum Gasteiger partial charge on any atom is 1.00 e. The summed E-state index contributed by atoms with van der Waals surface area (Å²) >= 11 is 0. The average Bonchev–Trinajstić information content (AvgIpc) is 2.85. The predicted molar refractivity (Wildman–Crippen MR) is 80.3 cm³/mol.